The predicted octanol–water partition coefficient (Wildman–Crippen LogP) is 1.78. The Kier molecular flexibility index (Phi) is 4.37. The van der Waals surface area contributed by atoms with Gasteiger partial charge in [-0.1, -0.05) is 24.3 Å². The number of fused-ring (bicyclic) bond motifs is 1. The highest BCUT2D eigenvalue weighted by Gasteiger charge is 2.12. The molecule has 0 spiro atoms. The number of nitrogens with one attached hydrogen (secondary N) is 1. The van der Waals surface area contributed by atoms with E-state index in [-0.39, 0.29) is 0 Å². The van der Waals surface area contributed by atoms with E-state index in [4.69, 9.17) is 17.0 Å². The summed E-state index contributed by atoms with van der Waals surface area (Å²) >= 11 is 5.31. The number of nitrogens with zero attached hydrogens (tertiary/aromatic N) is 3. The largest absolute Gasteiger partial charge is 0.378 e. The first-order chi connectivity index (χ1) is 10.3. The molecule has 1 aliphatic rings. The lowest BCUT2D eigenvalue weighted by Crippen LogP contribution is -2.44. The molecule has 1 saturated heterocycles. The van der Waals surface area contributed by atoms with Gasteiger partial charge in [0.1, 0.15) is 0 Å². The molecule has 6 heteroatoms. The highest BCUT2D eigenvalue weighted by Crippen LogP contribution is 2.14. The van der Waals surface area contributed by atoms with Crippen LogP contribution in [0.1, 0.15) is 5.69 Å². The van der Waals surface area contributed by atoms with Crippen LogP contribution in [0.4, 0.5) is 0 Å². The van der Waals surface area contributed by atoms with Crippen molar-refractivity contribution in [2.24, 2.45) is 5.10 Å². The third-order valence-electron chi connectivity index (χ3n) is 3.35. The molecular formula is C15H16N4OS. The lowest BCUT2D eigenvalue weighted by molar-refractivity contribution is 0.0677. The lowest BCUT2D eigenvalue weighted by Gasteiger charge is -2.28. The van der Waals surface area contributed by atoms with Crippen molar-refractivity contribution in [3.8, 4) is 0 Å². The molecule has 0 saturated carbocycles. The first kappa shape index (κ1) is 13.9. The molecule has 2 heterocycles. The Morgan fingerprint density at radius 3 is 2.95 bits per heavy atom. The molecule has 1 aromatic carbocycles. The van der Waals surface area contributed by atoms with Crippen LogP contribution in [0, 0.1) is 0 Å². The maximum Gasteiger partial charge on any atom is 0.189 e. The van der Waals surface area contributed by atoms with E-state index in [0.717, 1.165) is 29.6 Å². The minimum Gasteiger partial charge on any atom is -0.378 e. The summed E-state index contributed by atoms with van der Waals surface area (Å²) in [5.74, 6) is 0. The molecule has 1 fully saturated rings. The topological polar surface area (TPSA) is 49.8 Å². The van der Waals surface area contributed by atoms with E-state index < -0.39 is 0 Å². The quantitative estimate of drug-likeness (QED) is 0.520. The van der Waals surface area contributed by atoms with Gasteiger partial charge < -0.3 is 9.64 Å². The number of rotatable bonds is 2. The molecule has 0 unspecified atom stereocenters. The van der Waals surface area contributed by atoms with Crippen molar-refractivity contribution < 1.29 is 4.74 Å². The summed E-state index contributed by atoms with van der Waals surface area (Å²) < 4.78 is 5.29. The Balaban J connectivity index is 1.69. The van der Waals surface area contributed by atoms with Gasteiger partial charge >= 0.3 is 0 Å². The van der Waals surface area contributed by atoms with E-state index in [0.29, 0.717) is 18.3 Å². The third-order valence-corrected chi connectivity index (χ3v) is 3.70. The Labute approximate surface area is 128 Å². The van der Waals surface area contributed by atoms with Crippen LogP contribution in [-0.2, 0) is 4.74 Å². The van der Waals surface area contributed by atoms with Gasteiger partial charge in [0.05, 0.1) is 25.1 Å². The average Bonchev–Trinajstić information content (AvgIpc) is 2.56. The van der Waals surface area contributed by atoms with Crippen molar-refractivity contribution in [2.45, 2.75) is 0 Å². The number of hydrazone groups is 1. The Morgan fingerprint density at radius 2 is 2.10 bits per heavy atom. The number of benzene rings is 1. The number of pyridine rings is 1. The molecule has 21 heavy (non-hydrogen) atoms. The molecule has 0 aliphatic carbocycles. The number of ether oxygens (including phenoxy) is 1. The lowest BCUT2D eigenvalue weighted by atomic mass is 10.1. The number of morpholine rings is 1. The summed E-state index contributed by atoms with van der Waals surface area (Å²) in [6.45, 7) is 3.01. The second kappa shape index (κ2) is 6.60. The SMILES string of the molecule is S=C(N/N=C/c1nccc2ccccc12)N1CCOCC1. The molecule has 0 atom stereocenters. The summed E-state index contributed by atoms with van der Waals surface area (Å²) in [4.78, 5) is 6.40. The zero-order chi connectivity index (χ0) is 14.5. The summed E-state index contributed by atoms with van der Waals surface area (Å²) in [7, 11) is 0. The molecule has 3 rings (SSSR count). The van der Waals surface area contributed by atoms with E-state index >= 15 is 0 Å². The van der Waals surface area contributed by atoms with Crippen LogP contribution in [0.5, 0.6) is 0 Å². The van der Waals surface area contributed by atoms with Gasteiger partial charge in [-0.2, -0.15) is 5.10 Å². The smallest absolute Gasteiger partial charge is 0.189 e. The molecule has 0 bridgehead atoms. The minimum absolute atomic E-state index is 0.620. The molecule has 0 amide bonds. The molecular weight excluding hydrogens is 284 g/mol. The Hall–Kier alpha value is -2.05. The highest BCUT2D eigenvalue weighted by molar-refractivity contribution is 7.80. The van der Waals surface area contributed by atoms with Gasteiger partial charge in [0.15, 0.2) is 5.11 Å². The van der Waals surface area contributed by atoms with Gasteiger partial charge in [0.2, 0.25) is 0 Å². The second-order valence-corrected chi connectivity index (χ2v) is 5.08. The summed E-state index contributed by atoms with van der Waals surface area (Å²) in [5, 5.41) is 7.04. The second-order valence-electron chi connectivity index (χ2n) is 4.69. The number of thiocarbonyl (C=S) groups is 1. The van der Waals surface area contributed by atoms with Crippen LogP contribution in [0.15, 0.2) is 41.6 Å². The van der Waals surface area contributed by atoms with Gasteiger partial charge in [-0.05, 0) is 23.7 Å². The van der Waals surface area contributed by atoms with Crippen molar-refractivity contribution in [2.75, 3.05) is 26.3 Å². The zero-order valence-corrected chi connectivity index (χ0v) is 12.3. The van der Waals surface area contributed by atoms with Crippen LogP contribution in [-0.4, -0.2) is 47.5 Å². The molecule has 1 aromatic heterocycles. The number of aromatic nitrogens is 1. The molecule has 108 valence electrons. The summed E-state index contributed by atoms with van der Waals surface area (Å²) in [6.07, 6.45) is 3.49. The van der Waals surface area contributed by atoms with Crippen molar-refractivity contribution in [3.05, 3.63) is 42.2 Å². The standard InChI is InChI=1S/C15H16N4OS/c21-15(19-7-9-20-10-8-19)18-17-11-14-13-4-2-1-3-12(13)5-6-16-14/h1-6,11H,7-10H2,(H,18,21)/b17-11+. The van der Waals surface area contributed by atoms with Crippen molar-refractivity contribution in [1.82, 2.24) is 15.3 Å². The Bertz CT molecular complexity index is 662. The fourth-order valence-electron chi connectivity index (χ4n) is 2.23. The first-order valence-corrected chi connectivity index (χ1v) is 7.25. The summed E-state index contributed by atoms with van der Waals surface area (Å²) in [6, 6.07) is 10.1. The number of hydrogen-bond donors (Lipinski definition) is 1. The van der Waals surface area contributed by atoms with Gasteiger partial charge in [0, 0.05) is 24.7 Å². The molecule has 0 radical (unpaired) electrons. The molecule has 1 N–H and O–H groups in total. The van der Waals surface area contributed by atoms with Gasteiger partial charge in [-0.3, -0.25) is 10.4 Å². The van der Waals surface area contributed by atoms with Gasteiger partial charge in [-0.25, -0.2) is 0 Å². The van der Waals surface area contributed by atoms with E-state index in [9.17, 15) is 0 Å². The Morgan fingerprint density at radius 1 is 1.29 bits per heavy atom. The van der Waals surface area contributed by atoms with Crippen LogP contribution < -0.4 is 5.43 Å². The normalized spacial score (nSPS) is 15.5. The van der Waals surface area contributed by atoms with Crippen molar-refractivity contribution >= 4 is 34.3 Å². The van der Waals surface area contributed by atoms with Crippen molar-refractivity contribution in [1.29, 1.82) is 0 Å². The average molecular weight is 300 g/mol. The minimum atomic E-state index is 0.620. The molecule has 1 aliphatic heterocycles. The number of hydrogen-bond acceptors (Lipinski definition) is 4. The summed E-state index contributed by atoms with van der Waals surface area (Å²) in [5.41, 5.74) is 3.72. The van der Waals surface area contributed by atoms with Gasteiger partial charge in [0.25, 0.3) is 0 Å². The van der Waals surface area contributed by atoms with Crippen LogP contribution >= 0.6 is 12.2 Å². The maximum absolute atomic E-state index is 5.31. The fourth-order valence-corrected chi connectivity index (χ4v) is 2.47. The van der Waals surface area contributed by atoms with Crippen LogP contribution in [0.3, 0.4) is 0 Å². The van der Waals surface area contributed by atoms with Crippen LogP contribution in [0.25, 0.3) is 10.8 Å². The monoisotopic (exact) mass is 300 g/mol. The zero-order valence-electron chi connectivity index (χ0n) is 11.5. The fraction of sp³-hybridized carbons (Fsp3) is 0.267. The van der Waals surface area contributed by atoms with E-state index in [2.05, 4.69) is 21.6 Å². The highest BCUT2D eigenvalue weighted by atomic mass is 32.1. The first-order valence-electron chi connectivity index (χ1n) is 6.84. The van der Waals surface area contributed by atoms with E-state index in [1.165, 1.54) is 0 Å². The van der Waals surface area contributed by atoms with E-state index in [1.807, 2.05) is 29.2 Å². The third kappa shape index (κ3) is 3.34. The van der Waals surface area contributed by atoms with E-state index in [1.54, 1.807) is 12.4 Å². The molecule has 2 aromatic rings. The maximum atomic E-state index is 5.31. The van der Waals surface area contributed by atoms with Crippen molar-refractivity contribution in [3.63, 3.8) is 0 Å². The molecule has 5 nitrogen and oxygen atoms in total. The van der Waals surface area contributed by atoms with Gasteiger partial charge in [-0.15, -0.1) is 0 Å². The predicted molar refractivity (Wildman–Crippen MR) is 87.5 cm³/mol. The van der Waals surface area contributed by atoms with Crippen LogP contribution in [0.2, 0.25) is 0 Å².